The Morgan fingerprint density at radius 3 is 2.83 bits per heavy atom. The number of hydrogen-bond acceptors (Lipinski definition) is 5. The van der Waals surface area contributed by atoms with Gasteiger partial charge in [0.15, 0.2) is 0 Å². The number of aliphatic hydroxyl groups excluding tert-OH is 1. The first-order valence-corrected chi connectivity index (χ1v) is 8.95. The molecule has 1 aromatic heterocycles. The molecule has 132 valence electrons. The van der Waals surface area contributed by atoms with Crippen LogP contribution in [0.1, 0.15) is 37.7 Å². The zero-order valence-electron chi connectivity index (χ0n) is 14.1. The van der Waals surface area contributed by atoms with Crippen molar-refractivity contribution in [3.8, 4) is 0 Å². The van der Waals surface area contributed by atoms with Crippen molar-refractivity contribution in [1.29, 1.82) is 0 Å². The molecule has 0 radical (unpaired) electrons. The molecule has 0 bridgehead atoms. The van der Waals surface area contributed by atoms with Crippen molar-refractivity contribution in [3.05, 3.63) is 30.1 Å². The smallest absolute Gasteiger partial charge is 0.221 e. The zero-order valence-corrected chi connectivity index (χ0v) is 14.1. The van der Waals surface area contributed by atoms with E-state index >= 15 is 0 Å². The van der Waals surface area contributed by atoms with Crippen LogP contribution in [0.4, 0.5) is 0 Å². The van der Waals surface area contributed by atoms with Gasteiger partial charge in [-0.3, -0.25) is 14.6 Å². The third-order valence-electron chi connectivity index (χ3n) is 4.93. The van der Waals surface area contributed by atoms with Gasteiger partial charge in [0.25, 0.3) is 0 Å². The van der Waals surface area contributed by atoms with E-state index in [9.17, 15) is 9.90 Å². The summed E-state index contributed by atoms with van der Waals surface area (Å²) in [5.41, 5.74) is 1.16. The van der Waals surface area contributed by atoms with Crippen LogP contribution in [-0.2, 0) is 16.1 Å². The van der Waals surface area contributed by atoms with Crippen molar-refractivity contribution >= 4 is 5.91 Å². The molecule has 6 nitrogen and oxygen atoms in total. The quantitative estimate of drug-likeness (QED) is 0.787. The first-order valence-electron chi connectivity index (χ1n) is 8.95. The molecule has 1 aromatic rings. The highest BCUT2D eigenvalue weighted by atomic mass is 16.7. The summed E-state index contributed by atoms with van der Waals surface area (Å²) in [6, 6.07) is 4.04. The number of rotatable bonds is 7. The van der Waals surface area contributed by atoms with Crippen LogP contribution in [0.2, 0.25) is 0 Å². The maximum Gasteiger partial charge on any atom is 0.221 e. The van der Waals surface area contributed by atoms with E-state index in [0.717, 1.165) is 50.8 Å². The van der Waals surface area contributed by atoms with Crippen LogP contribution in [0.3, 0.4) is 0 Å². The second-order valence-electron chi connectivity index (χ2n) is 6.84. The van der Waals surface area contributed by atoms with E-state index in [1.54, 1.807) is 12.4 Å². The molecule has 1 saturated heterocycles. The summed E-state index contributed by atoms with van der Waals surface area (Å²) in [6.45, 7) is 2.30. The fourth-order valence-electron chi connectivity index (χ4n) is 3.40. The molecule has 1 amide bonds. The summed E-state index contributed by atoms with van der Waals surface area (Å²) in [4.78, 5) is 21.9. The second-order valence-corrected chi connectivity index (χ2v) is 6.84. The standard InChI is InChI=1S/C18H27N3O3/c22-16-12-15(13-16)17(11-14-3-6-19-7-4-14)20-18(23)5-9-21-8-1-2-10-24-21/h3-4,6-7,15-17,22H,1-2,5,8-13H2,(H,20,23)/t15?,16?,17-/m1/s1. The predicted molar refractivity (Wildman–Crippen MR) is 90.0 cm³/mol. The minimum atomic E-state index is -0.214. The van der Waals surface area contributed by atoms with Crippen molar-refractivity contribution in [2.24, 2.45) is 5.92 Å². The Kier molecular flexibility index (Phi) is 6.18. The van der Waals surface area contributed by atoms with Crippen molar-refractivity contribution in [3.63, 3.8) is 0 Å². The fourth-order valence-corrected chi connectivity index (χ4v) is 3.40. The van der Waals surface area contributed by atoms with Crippen LogP contribution in [0.25, 0.3) is 0 Å². The van der Waals surface area contributed by atoms with Crippen LogP contribution < -0.4 is 5.32 Å². The number of aliphatic hydroxyl groups is 1. The average Bonchev–Trinajstić information content (AvgIpc) is 2.58. The number of carbonyl (C=O) groups excluding carboxylic acids is 1. The van der Waals surface area contributed by atoms with Crippen LogP contribution >= 0.6 is 0 Å². The van der Waals surface area contributed by atoms with Gasteiger partial charge in [0.2, 0.25) is 5.91 Å². The van der Waals surface area contributed by atoms with E-state index < -0.39 is 0 Å². The van der Waals surface area contributed by atoms with Gasteiger partial charge in [-0.2, -0.15) is 5.06 Å². The molecule has 24 heavy (non-hydrogen) atoms. The molecule has 3 rings (SSSR count). The topological polar surface area (TPSA) is 74.7 Å². The third kappa shape index (κ3) is 5.00. The molecule has 1 saturated carbocycles. The molecule has 2 aliphatic rings. The third-order valence-corrected chi connectivity index (χ3v) is 4.93. The number of amides is 1. The first kappa shape index (κ1) is 17.3. The Bertz CT molecular complexity index is 514. The van der Waals surface area contributed by atoms with Crippen molar-refractivity contribution in [2.75, 3.05) is 19.7 Å². The number of pyridine rings is 1. The Labute approximate surface area is 143 Å². The Morgan fingerprint density at radius 1 is 1.38 bits per heavy atom. The number of nitrogens with one attached hydrogen (secondary N) is 1. The van der Waals surface area contributed by atoms with Crippen LogP contribution in [0, 0.1) is 5.92 Å². The van der Waals surface area contributed by atoms with Gasteiger partial charge < -0.3 is 10.4 Å². The summed E-state index contributed by atoms with van der Waals surface area (Å²) in [7, 11) is 0. The molecule has 1 atom stereocenters. The lowest BCUT2D eigenvalue weighted by Crippen LogP contribution is -2.48. The molecular weight excluding hydrogens is 306 g/mol. The summed E-state index contributed by atoms with van der Waals surface area (Å²) < 4.78 is 0. The molecule has 2 heterocycles. The number of hydrogen-bond donors (Lipinski definition) is 2. The zero-order chi connectivity index (χ0) is 16.8. The van der Waals surface area contributed by atoms with Crippen molar-refractivity contribution in [2.45, 2.75) is 50.7 Å². The molecule has 0 aromatic carbocycles. The van der Waals surface area contributed by atoms with Crippen LogP contribution in [0.5, 0.6) is 0 Å². The fraction of sp³-hybridized carbons (Fsp3) is 0.667. The van der Waals surface area contributed by atoms with Gasteiger partial charge in [0.1, 0.15) is 0 Å². The molecule has 2 fully saturated rings. The van der Waals surface area contributed by atoms with E-state index in [0.29, 0.717) is 18.9 Å². The monoisotopic (exact) mass is 333 g/mol. The highest BCUT2D eigenvalue weighted by Crippen LogP contribution is 2.31. The van der Waals surface area contributed by atoms with Gasteiger partial charge in [-0.05, 0) is 55.7 Å². The Balaban J connectivity index is 1.49. The number of nitrogens with zero attached hydrogens (tertiary/aromatic N) is 2. The van der Waals surface area contributed by atoms with Gasteiger partial charge in [-0.25, -0.2) is 0 Å². The Hall–Kier alpha value is -1.50. The van der Waals surface area contributed by atoms with Gasteiger partial charge in [-0.1, -0.05) is 0 Å². The predicted octanol–water partition coefficient (Wildman–Crippen LogP) is 1.30. The first-order chi connectivity index (χ1) is 11.7. The molecule has 6 heteroatoms. The van der Waals surface area contributed by atoms with E-state index in [-0.39, 0.29) is 18.1 Å². The largest absolute Gasteiger partial charge is 0.393 e. The second kappa shape index (κ2) is 8.55. The highest BCUT2D eigenvalue weighted by molar-refractivity contribution is 5.76. The van der Waals surface area contributed by atoms with E-state index in [1.165, 1.54) is 0 Å². The highest BCUT2D eigenvalue weighted by Gasteiger charge is 2.34. The lowest BCUT2D eigenvalue weighted by atomic mass is 9.75. The summed E-state index contributed by atoms with van der Waals surface area (Å²) in [5.74, 6) is 0.410. The van der Waals surface area contributed by atoms with Gasteiger partial charge in [-0.15, -0.1) is 0 Å². The number of carbonyl (C=O) groups is 1. The summed E-state index contributed by atoms with van der Waals surface area (Å²) in [5, 5.41) is 14.7. The lowest BCUT2D eigenvalue weighted by molar-refractivity contribution is -0.181. The molecule has 0 unspecified atom stereocenters. The minimum Gasteiger partial charge on any atom is -0.393 e. The van der Waals surface area contributed by atoms with Crippen LogP contribution in [-0.4, -0.2) is 52.9 Å². The molecule has 0 spiro atoms. The van der Waals surface area contributed by atoms with Crippen molar-refractivity contribution < 1.29 is 14.7 Å². The SMILES string of the molecule is O=C(CCN1CCCCO1)N[C@H](Cc1ccncc1)C1CC(O)C1. The Morgan fingerprint density at radius 2 is 2.17 bits per heavy atom. The van der Waals surface area contributed by atoms with Gasteiger partial charge >= 0.3 is 0 Å². The van der Waals surface area contributed by atoms with Gasteiger partial charge in [0, 0.05) is 37.9 Å². The van der Waals surface area contributed by atoms with Crippen molar-refractivity contribution in [1.82, 2.24) is 15.4 Å². The maximum atomic E-state index is 12.3. The average molecular weight is 333 g/mol. The molecule has 1 aliphatic carbocycles. The van der Waals surface area contributed by atoms with Crippen LogP contribution in [0.15, 0.2) is 24.5 Å². The maximum absolute atomic E-state index is 12.3. The minimum absolute atomic E-state index is 0.0598. The molecular formula is C18H27N3O3. The molecule has 1 aliphatic heterocycles. The molecule has 2 N–H and O–H groups in total. The normalized spacial score (nSPS) is 25.7. The lowest BCUT2D eigenvalue weighted by Gasteiger charge is -2.38. The van der Waals surface area contributed by atoms with E-state index in [2.05, 4.69) is 10.3 Å². The summed E-state index contributed by atoms with van der Waals surface area (Å²) >= 11 is 0. The van der Waals surface area contributed by atoms with Gasteiger partial charge in [0.05, 0.1) is 12.7 Å². The van der Waals surface area contributed by atoms with E-state index in [1.807, 2.05) is 17.2 Å². The van der Waals surface area contributed by atoms with E-state index in [4.69, 9.17) is 4.84 Å². The number of hydroxylamine groups is 2. The number of aromatic nitrogens is 1. The summed E-state index contributed by atoms with van der Waals surface area (Å²) in [6.07, 6.45) is 8.33.